The van der Waals surface area contributed by atoms with Gasteiger partial charge in [0.15, 0.2) is 0 Å². The second-order valence-electron chi connectivity index (χ2n) is 8.93. The van der Waals surface area contributed by atoms with Crippen LogP contribution in [0.5, 0.6) is 0 Å². The SMILES string of the molecule is Cc1noc(C)c1-c1ccc(C2CC(C)(C)CC(C)(C)C2)cc1. The largest absolute Gasteiger partial charge is 0.361 e. The van der Waals surface area contributed by atoms with Gasteiger partial charge in [-0.05, 0) is 61.0 Å². The summed E-state index contributed by atoms with van der Waals surface area (Å²) >= 11 is 0. The molecule has 1 aliphatic rings. The molecule has 2 nitrogen and oxygen atoms in total. The molecule has 0 unspecified atom stereocenters. The van der Waals surface area contributed by atoms with Crippen LogP contribution in [-0.4, -0.2) is 5.16 Å². The summed E-state index contributed by atoms with van der Waals surface area (Å²) in [5, 5.41) is 4.07. The molecule has 0 saturated heterocycles. The summed E-state index contributed by atoms with van der Waals surface area (Å²) < 4.78 is 5.30. The first kappa shape index (κ1) is 16.3. The van der Waals surface area contributed by atoms with E-state index in [4.69, 9.17) is 4.52 Å². The Labute approximate surface area is 140 Å². The van der Waals surface area contributed by atoms with Crippen molar-refractivity contribution in [1.29, 1.82) is 0 Å². The maximum Gasteiger partial charge on any atom is 0.141 e. The van der Waals surface area contributed by atoms with Crippen molar-refractivity contribution in [2.45, 2.75) is 66.7 Å². The number of benzene rings is 1. The van der Waals surface area contributed by atoms with Gasteiger partial charge < -0.3 is 4.52 Å². The van der Waals surface area contributed by atoms with Crippen molar-refractivity contribution < 1.29 is 4.52 Å². The van der Waals surface area contributed by atoms with Crippen LogP contribution in [0.2, 0.25) is 0 Å². The molecule has 1 aromatic heterocycles. The molecule has 23 heavy (non-hydrogen) atoms. The number of aromatic nitrogens is 1. The minimum atomic E-state index is 0.423. The zero-order valence-electron chi connectivity index (χ0n) is 15.4. The highest BCUT2D eigenvalue weighted by atomic mass is 16.5. The molecule has 0 radical (unpaired) electrons. The van der Waals surface area contributed by atoms with E-state index in [-0.39, 0.29) is 0 Å². The molecule has 0 bridgehead atoms. The molecule has 1 aliphatic carbocycles. The van der Waals surface area contributed by atoms with Crippen molar-refractivity contribution in [2.24, 2.45) is 10.8 Å². The van der Waals surface area contributed by atoms with Crippen LogP contribution in [0.1, 0.15) is 69.9 Å². The van der Waals surface area contributed by atoms with E-state index in [1.54, 1.807) is 0 Å². The lowest BCUT2D eigenvalue weighted by Gasteiger charge is -2.45. The van der Waals surface area contributed by atoms with E-state index >= 15 is 0 Å². The Balaban J connectivity index is 1.88. The average molecular weight is 311 g/mol. The second-order valence-corrected chi connectivity index (χ2v) is 8.93. The standard InChI is InChI=1S/C21H29NO/c1-14-19(15(2)23-22-14)17-9-7-16(8-10-17)18-11-20(3,4)13-21(5,6)12-18/h7-10,18H,11-13H2,1-6H3. The number of rotatable bonds is 2. The number of hydrogen-bond acceptors (Lipinski definition) is 2. The third-order valence-corrected chi connectivity index (χ3v) is 5.26. The quantitative estimate of drug-likeness (QED) is 0.652. The summed E-state index contributed by atoms with van der Waals surface area (Å²) in [5.41, 5.74) is 5.64. The molecular weight excluding hydrogens is 282 g/mol. The normalized spacial score (nSPS) is 20.6. The monoisotopic (exact) mass is 311 g/mol. The molecule has 0 atom stereocenters. The van der Waals surface area contributed by atoms with Crippen LogP contribution in [0.25, 0.3) is 11.1 Å². The predicted octanol–water partition coefficient (Wildman–Crippen LogP) is 6.28. The Morgan fingerprint density at radius 1 is 0.957 bits per heavy atom. The van der Waals surface area contributed by atoms with Crippen LogP contribution < -0.4 is 0 Å². The van der Waals surface area contributed by atoms with Gasteiger partial charge in [-0.2, -0.15) is 0 Å². The Morgan fingerprint density at radius 3 is 2.00 bits per heavy atom. The van der Waals surface area contributed by atoms with Crippen molar-refractivity contribution in [1.82, 2.24) is 5.16 Å². The molecular formula is C21H29NO. The Hall–Kier alpha value is -1.57. The van der Waals surface area contributed by atoms with Crippen LogP contribution in [0.4, 0.5) is 0 Å². The zero-order chi connectivity index (χ0) is 16.8. The predicted molar refractivity (Wildman–Crippen MR) is 95.6 cm³/mol. The van der Waals surface area contributed by atoms with Crippen LogP contribution in [0.3, 0.4) is 0 Å². The van der Waals surface area contributed by atoms with E-state index in [2.05, 4.69) is 57.1 Å². The summed E-state index contributed by atoms with van der Waals surface area (Å²) in [6, 6.07) is 9.08. The lowest BCUT2D eigenvalue weighted by atomic mass is 9.60. The molecule has 0 amide bonds. The number of hydrogen-bond donors (Lipinski definition) is 0. The molecule has 0 aliphatic heterocycles. The third-order valence-electron chi connectivity index (χ3n) is 5.26. The molecule has 1 heterocycles. The Morgan fingerprint density at radius 2 is 1.52 bits per heavy atom. The lowest BCUT2D eigenvalue weighted by molar-refractivity contribution is 0.0969. The molecule has 1 aromatic carbocycles. The highest BCUT2D eigenvalue weighted by Crippen LogP contribution is 2.51. The van der Waals surface area contributed by atoms with Gasteiger partial charge in [-0.25, -0.2) is 0 Å². The maximum absolute atomic E-state index is 5.30. The summed E-state index contributed by atoms with van der Waals surface area (Å²) in [6.45, 7) is 13.7. The smallest absolute Gasteiger partial charge is 0.141 e. The molecule has 1 saturated carbocycles. The Kier molecular flexibility index (Phi) is 3.90. The Bertz CT molecular complexity index is 656. The maximum atomic E-state index is 5.30. The lowest BCUT2D eigenvalue weighted by Crippen LogP contribution is -2.32. The third kappa shape index (κ3) is 3.36. The molecule has 124 valence electrons. The number of aryl methyl sites for hydroxylation is 2. The first-order chi connectivity index (χ1) is 10.7. The average Bonchev–Trinajstić information content (AvgIpc) is 2.75. The van der Waals surface area contributed by atoms with Crippen LogP contribution >= 0.6 is 0 Å². The minimum absolute atomic E-state index is 0.423. The van der Waals surface area contributed by atoms with Gasteiger partial charge in [0.05, 0.1) is 5.69 Å². The first-order valence-electron chi connectivity index (χ1n) is 8.70. The summed E-state index contributed by atoms with van der Waals surface area (Å²) in [4.78, 5) is 0. The topological polar surface area (TPSA) is 26.0 Å². The summed E-state index contributed by atoms with van der Waals surface area (Å²) in [5.74, 6) is 1.56. The van der Waals surface area contributed by atoms with Gasteiger partial charge in [-0.3, -0.25) is 0 Å². The van der Waals surface area contributed by atoms with Gasteiger partial charge in [0.2, 0.25) is 0 Å². The fourth-order valence-electron chi connectivity index (χ4n) is 4.90. The van der Waals surface area contributed by atoms with Gasteiger partial charge in [0, 0.05) is 5.56 Å². The van der Waals surface area contributed by atoms with Gasteiger partial charge >= 0.3 is 0 Å². The van der Waals surface area contributed by atoms with Gasteiger partial charge in [0.1, 0.15) is 5.76 Å². The molecule has 3 rings (SSSR count). The van der Waals surface area contributed by atoms with E-state index in [1.165, 1.54) is 30.4 Å². The van der Waals surface area contributed by atoms with Crippen molar-refractivity contribution in [3.8, 4) is 11.1 Å². The van der Waals surface area contributed by atoms with E-state index in [1.807, 2.05) is 13.8 Å². The molecule has 2 heteroatoms. The summed E-state index contributed by atoms with van der Waals surface area (Å²) in [6.07, 6.45) is 3.87. The number of nitrogens with zero attached hydrogens (tertiary/aromatic N) is 1. The fourth-order valence-corrected chi connectivity index (χ4v) is 4.90. The highest BCUT2D eigenvalue weighted by Gasteiger charge is 2.38. The molecule has 0 N–H and O–H groups in total. The van der Waals surface area contributed by atoms with Crippen LogP contribution in [-0.2, 0) is 0 Å². The van der Waals surface area contributed by atoms with Gasteiger partial charge in [0.25, 0.3) is 0 Å². The molecule has 2 aromatic rings. The van der Waals surface area contributed by atoms with Crippen LogP contribution in [0, 0.1) is 24.7 Å². The minimum Gasteiger partial charge on any atom is -0.361 e. The van der Waals surface area contributed by atoms with E-state index in [9.17, 15) is 0 Å². The second kappa shape index (κ2) is 5.51. The van der Waals surface area contributed by atoms with Crippen molar-refractivity contribution in [2.75, 3.05) is 0 Å². The van der Waals surface area contributed by atoms with E-state index in [0.717, 1.165) is 17.0 Å². The molecule has 0 spiro atoms. The van der Waals surface area contributed by atoms with Crippen molar-refractivity contribution in [3.05, 3.63) is 41.3 Å². The summed E-state index contributed by atoms with van der Waals surface area (Å²) in [7, 11) is 0. The van der Waals surface area contributed by atoms with Gasteiger partial charge in [-0.15, -0.1) is 0 Å². The first-order valence-corrected chi connectivity index (χ1v) is 8.70. The molecule has 1 fully saturated rings. The van der Waals surface area contributed by atoms with Crippen LogP contribution in [0.15, 0.2) is 28.8 Å². The van der Waals surface area contributed by atoms with Crippen molar-refractivity contribution in [3.63, 3.8) is 0 Å². The fraction of sp³-hybridized carbons (Fsp3) is 0.571. The van der Waals surface area contributed by atoms with E-state index in [0.29, 0.717) is 16.7 Å². The highest BCUT2D eigenvalue weighted by molar-refractivity contribution is 5.67. The zero-order valence-corrected chi connectivity index (χ0v) is 15.4. The van der Waals surface area contributed by atoms with E-state index < -0.39 is 0 Å². The van der Waals surface area contributed by atoms with Crippen molar-refractivity contribution >= 4 is 0 Å². The van der Waals surface area contributed by atoms with Gasteiger partial charge in [-0.1, -0.05) is 57.1 Å².